The third kappa shape index (κ3) is 2.52. The number of hydrogen-bond acceptors (Lipinski definition) is 2. The van der Waals surface area contributed by atoms with E-state index < -0.39 is 0 Å². The summed E-state index contributed by atoms with van der Waals surface area (Å²) in [6.07, 6.45) is 1.01. The standard InChI is InChI=1S/C11H11IN2O2/c12-7-3-1-2-4-8(7)14-11(16)9-5-6-10(15)13-9/h1-4,9H,5-6H2,(H,13,15)(H,14,16). The highest BCUT2D eigenvalue weighted by Gasteiger charge is 2.27. The highest BCUT2D eigenvalue weighted by Crippen LogP contribution is 2.18. The molecule has 0 radical (unpaired) electrons. The number of nitrogens with one attached hydrogen (secondary N) is 2. The maximum Gasteiger partial charge on any atom is 0.246 e. The van der Waals surface area contributed by atoms with Gasteiger partial charge in [-0.15, -0.1) is 0 Å². The number of halogens is 1. The second-order valence-corrected chi connectivity index (χ2v) is 4.79. The van der Waals surface area contributed by atoms with Crippen molar-refractivity contribution in [1.82, 2.24) is 5.32 Å². The van der Waals surface area contributed by atoms with E-state index in [1.165, 1.54) is 0 Å². The highest BCUT2D eigenvalue weighted by atomic mass is 127. The Morgan fingerprint density at radius 3 is 2.81 bits per heavy atom. The van der Waals surface area contributed by atoms with Crippen LogP contribution in [-0.4, -0.2) is 17.9 Å². The zero-order valence-corrected chi connectivity index (χ0v) is 10.7. The minimum Gasteiger partial charge on any atom is -0.344 e. The van der Waals surface area contributed by atoms with Gasteiger partial charge in [-0.25, -0.2) is 0 Å². The molecule has 0 aromatic heterocycles. The first-order chi connectivity index (χ1) is 7.66. The number of carbonyl (C=O) groups is 2. The van der Waals surface area contributed by atoms with Gasteiger partial charge in [-0.05, 0) is 41.1 Å². The molecule has 0 aliphatic carbocycles. The van der Waals surface area contributed by atoms with Crippen LogP contribution in [0.25, 0.3) is 0 Å². The summed E-state index contributed by atoms with van der Waals surface area (Å²) in [4.78, 5) is 22.8. The van der Waals surface area contributed by atoms with E-state index in [1.807, 2.05) is 24.3 Å². The van der Waals surface area contributed by atoms with E-state index in [1.54, 1.807) is 0 Å². The normalized spacial score (nSPS) is 19.3. The van der Waals surface area contributed by atoms with Crippen molar-refractivity contribution in [2.45, 2.75) is 18.9 Å². The van der Waals surface area contributed by atoms with E-state index in [0.29, 0.717) is 12.8 Å². The first-order valence-corrected chi connectivity index (χ1v) is 6.09. The molecule has 1 aliphatic rings. The number of anilines is 1. The Morgan fingerprint density at radius 2 is 2.19 bits per heavy atom. The van der Waals surface area contributed by atoms with Gasteiger partial charge in [0.1, 0.15) is 6.04 Å². The van der Waals surface area contributed by atoms with Gasteiger partial charge in [0.2, 0.25) is 11.8 Å². The molecule has 1 aromatic carbocycles. The second-order valence-electron chi connectivity index (χ2n) is 3.63. The molecule has 0 bridgehead atoms. The number of benzene rings is 1. The van der Waals surface area contributed by atoms with Crippen LogP contribution in [0, 0.1) is 3.57 Å². The van der Waals surface area contributed by atoms with Crippen molar-refractivity contribution in [2.24, 2.45) is 0 Å². The van der Waals surface area contributed by atoms with Crippen LogP contribution in [0.3, 0.4) is 0 Å². The van der Waals surface area contributed by atoms with E-state index in [9.17, 15) is 9.59 Å². The second kappa shape index (κ2) is 4.82. The number of carbonyl (C=O) groups excluding carboxylic acids is 2. The fourth-order valence-electron chi connectivity index (χ4n) is 1.59. The van der Waals surface area contributed by atoms with Gasteiger partial charge in [-0.2, -0.15) is 0 Å². The van der Waals surface area contributed by atoms with Crippen LogP contribution >= 0.6 is 22.6 Å². The van der Waals surface area contributed by atoms with E-state index in [4.69, 9.17) is 0 Å². The van der Waals surface area contributed by atoms with Crippen molar-refractivity contribution in [3.05, 3.63) is 27.8 Å². The summed E-state index contributed by atoms with van der Waals surface area (Å²) in [5, 5.41) is 5.45. The summed E-state index contributed by atoms with van der Waals surface area (Å²) in [5.41, 5.74) is 0.786. The Morgan fingerprint density at radius 1 is 1.44 bits per heavy atom. The molecular formula is C11H11IN2O2. The largest absolute Gasteiger partial charge is 0.344 e. The molecule has 1 atom stereocenters. The van der Waals surface area contributed by atoms with Gasteiger partial charge in [0.25, 0.3) is 0 Å². The van der Waals surface area contributed by atoms with E-state index in [-0.39, 0.29) is 17.9 Å². The predicted octanol–water partition coefficient (Wildman–Crippen LogP) is 1.51. The van der Waals surface area contributed by atoms with Crippen LogP contribution in [-0.2, 0) is 9.59 Å². The van der Waals surface area contributed by atoms with Crippen molar-refractivity contribution in [2.75, 3.05) is 5.32 Å². The van der Waals surface area contributed by atoms with Gasteiger partial charge >= 0.3 is 0 Å². The van der Waals surface area contributed by atoms with Gasteiger partial charge in [-0.3, -0.25) is 9.59 Å². The zero-order valence-electron chi connectivity index (χ0n) is 8.50. The smallest absolute Gasteiger partial charge is 0.246 e. The lowest BCUT2D eigenvalue weighted by Gasteiger charge is -2.11. The number of para-hydroxylation sites is 1. The van der Waals surface area contributed by atoms with Crippen LogP contribution < -0.4 is 10.6 Å². The fraction of sp³-hybridized carbons (Fsp3) is 0.273. The molecule has 1 aliphatic heterocycles. The molecule has 2 N–H and O–H groups in total. The minimum absolute atomic E-state index is 0.0529. The maximum atomic E-state index is 11.8. The average molecular weight is 330 g/mol. The van der Waals surface area contributed by atoms with Gasteiger partial charge < -0.3 is 10.6 Å². The van der Waals surface area contributed by atoms with E-state index in [2.05, 4.69) is 33.2 Å². The summed E-state index contributed by atoms with van der Waals surface area (Å²) in [7, 11) is 0. The summed E-state index contributed by atoms with van der Waals surface area (Å²) < 4.78 is 0.984. The Kier molecular flexibility index (Phi) is 3.42. The quantitative estimate of drug-likeness (QED) is 0.808. The molecule has 84 valence electrons. The van der Waals surface area contributed by atoms with Crippen molar-refractivity contribution < 1.29 is 9.59 Å². The molecule has 1 saturated heterocycles. The molecule has 0 saturated carbocycles. The molecule has 1 aromatic rings. The third-order valence-electron chi connectivity index (χ3n) is 2.44. The molecule has 1 unspecified atom stereocenters. The summed E-state index contributed by atoms with van der Waals surface area (Å²) >= 11 is 2.16. The molecule has 5 heteroatoms. The number of rotatable bonds is 2. The molecule has 1 fully saturated rings. The van der Waals surface area contributed by atoms with Crippen LogP contribution in [0.1, 0.15) is 12.8 Å². The Hall–Kier alpha value is -1.11. The van der Waals surface area contributed by atoms with Crippen LogP contribution in [0.5, 0.6) is 0 Å². The van der Waals surface area contributed by atoms with Crippen LogP contribution in [0.2, 0.25) is 0 Å². The fourth-order valence-corrected chi connectivity index (χ4v) is 2.12. The lowest BCUT2D eigenvalue weighted by atomic mass is 10.2. The van der Waals surface area contributed by atoms with Gasteiger partial charge in [0.15, 0.2) is 0 Å². The average Bonchev–Trinajstić information content (AvgIpc) is 2.68. The van der Waals surface area contributed by atoms with E-state index >= 15 is 0 Å². The summed E-state index contributed by atoms with van der Waals surface area (Å²) in [5.74, 6) is -0.196. The topological polar surface area (TPSA) is 58.2 Å². The first-order valence-electron chi connectivity index (χ1n) is 5.01. The maximum absolute atomic E-state index is 11.8. The lowest BCUT2D eigenvalue weighted by Crippen LogP contribution is -2.37. The molecule has 1 heterocycles. The third-order valence-corrected chi connectivity index (χ3v) is 3.38. The minimum atomic E-state index is -0.386. The van der Waals surface area contributed by atoms with Gasteiger partial charge in [-0.1, -0.05) is 12.1 Å². The van der Waals surface area contributed by atoms with Crippen molar-refractivity contribution in [3.63, 3.8) is 0 Å². The van der Waals surface area contributed by atoms with Crippen molar-refractivity contribution >= 4 is 40.1 Å². The molecule has 2 rings (SSSR count). The molecular weight excluding hydrogens is 319 g/mol. The Bertz CT molecular complexity index is 434. The Labute approximate surface area is 107 Å². The van der Waals surface area contributed by atoms with Gasteiger partial charge in [0.05, 0.1) is 5.69 Å². The van der Waals surface area contributed by atoms with Crippen molar-refractivity contribution in [1.29, 1.82) is 0 Å². The summed E-state index contributed by atoms with van der Waals surface area (Å²) in [6, 6.07) is 7.16. The van der Waals surface area contributed by atoms with Crippen LogP contribution in [0.4, 0.5) is 5.69 Å². The van der Waals surface area contributed by atoms with Gasteiger partial charge in [0, 0.05) is 9.99 Å². The van der Waals surface area contributed by atoms with Crippen molar-refractivity contribution in [3.8, 4) is 0 Å². The molecule has 2 amide bonds. The summed E-state index contributed by atoms with van der Waals surface area (Å²) in [6.45, 7) is 0. The monoisotopic (exact) mass is 330 g/mol. The van der Waals surface area contributed by atoms with E-state index in [0.717, 1.165) is 9.26 Å². The first kappa shape index (κ1) is 11.4. The molecule has 0 spiro atoms. The predicted molar refractivity (Wildman–Crippen MR) is 69.0 cm³/mol. The SMILES string of the molecule is O=C1CCC(C(=O)Nc2ccccc2I)N1. The molecule has 4 nitrogen and oxygen atoms in total. The zero-order chi connectivity index (χ0) is 11.5. The molecule has 16 heavy (non-hydrogen) atoms. The highest BCUT2D eigenvalue weighted by molar-refractivity contribution is 14.1. The number of amides is 2. The lowest BCUT2D eigenvalue weighted by molar-refractivity contribution is -0.122. The number of hydrogen-bond donors (Lipinski definition) is 2. The van der Waals surface area contributed by atoms with Crippen LogP contribution in [0.15, 0.2) is 24.3 Å². The Balaban J connectivity index is 2.03.